The minimum absolute atomic E-state index is 0.0104. The number of nitrogens with one attached hydrogen (secondary N) is 1. The number of benzene rings is 1. The van der Waals surface area contributed by atoms with Gasteiger partial charge in [-0.1, -0.05) is 0 Å². The van der Waals surface area contributed by atoms with Gasteiger partial charge in [-0.2, -0.15) is 4.31 Å². The lowest BCUT2D eigenvalue weighted by atomic mass is 10.1. The van der Waals surface area contributed by atoms with Gasteiger partial charge in [0.05, 0.1) is 10.8 Å². The van der Waals surface area contributed by atoms with E-state index in [1.165, 1.54) is 16.4 Å². The van der Waals surface area contributed by atoms with Crippen LogP contribution in [0.2, 0.25) is 0 Å². The van der Waals surface area contributed by atoms with Crippen molar-refractivity contribution in [2.24, 2.45) is 5.92 Å². The van der Waals surface area contributed by atoms with Crippen molar-refractivity contribution in [1.29, 1.82) is 0 Å². The zero-order chi connectivity index (χ0) is 20.5. The average Bonchev–Trinajstić information content (AvgIpc) is 3.05. The molecule has 2 aliphatic heterocycles. The van der Waals surface area contributed by atoms with E-state index in [0.717, 1.165) is 0 Å². The standard InChI is InChI=1S/C19H28N4O4S/c1-14(2)23-13-15(12-18(23)24)19(25)20-16-4-6-17(7-5-16)28(26,27)22-10-8-21(3)9-11-22/h4-7,14-15H,8-13H2,1-3H3,(H,20,25). The van der Waals surface area contributed by atoms with Crippen LogP contribution >= 0.6 is 0 Å². The first-order chi connectivity index (χ1) is 13.2. The van der Waals surface area contributed by atoms with Gasteiger partial charge in [0.25, 0.3) is 0 Å². The molecule has 0 aromatic heterocycles. The molecule has 1 N–H and O–H groups in total. The van der Waals surface area contributed by atoms with E-state index in [4.69, 9.17) is 0 Å². The fourth-order valence-corrected chi connectivity index (χ4v) is 4.96. The number of amides is 2. The van der Waals surface area contributed by atoms with E-state index in [-0.39, 0.29) is 35.1 Å². The highest BCUT2D eigenvalue weighted by molar-refractivity contribution is 7.89. The molecule has 2 fully saturated rings. The molecule has 2 aliphatic rings. The molecule has 8 nitrogen and oxygen atoms in total. The van der Waals surface area contributed by atoms with Crippen molar-refractivity contribution in [2.45, 2.75) is 31.2 Å². The van der Waals surface area contributed by atoms with Crippen LogP contribution in [0.1, 0.15) is 20.3 Å². The molecule has 28 heavy (non-hydrogen) atoms. The van der Waals surface area contributed by atoms with Crippen LogP contribution in [0.4, 0.5) is 5.69 Å². The molecule has 2 saturated heterocycles. The number of nitrogens with zero attached hydrogens (tertiary/aromatic N) is 3. The number of anilines is 1. The number of carbonyl (C=O) groups is 2. The molecule has 154 valence electrons. The second-order valence-electron chi connectivity index (χ2n) is 7.76. The van der Waals surface area contributed by atoms with Crippen molar-refractivity contribution >= 4 is 27.5 Å². The minimum Gasteiger partial charge on any atom is -0.339 e. The summed E-state index contributed by atoms with van der Waals surface area (Å²) in [5.74, 6) is -0.612. The number of piperazine rings is 1. The quantitative estimate of drug-likeness (QED) is 0.779. The maximum absolute atomic E-state index is 12.7. The van der Waals surface area contributed by atoms with Gasteiger partial charge in [0.15, 0.2) is 0 Å². The van der Waals surface area contributed by atoms with Crippen molar-refractivity contribution in [3.05, 3.63) is 24.3 Å². The lowest BCUT2D eigenvalue weighted by molar-refractivity contribution is -0.129. The minimum atomic E-state index is -3.53. The van der Waals surface area contributed by atoms with Crippen LogP contribution < -0.4 is 5.32 Å². The highest BCUT2D eigenvalue weighted by Gasteiger charge is 2.35. The number of sulfonamides is 1. The van der Waals surface area contributed by atoms with E-state index in [1.54, 1.807) is 17.0 Å². The Morgan fingerprint density at radius 3 is 2.25 bits per heavy atom. The predicted molar refractivity (Wildman–Crippen MR) is 106 cm³/mol. The predicted octanol–water partition coefficient (Wildman–Crippen LogP) is 0.818. The topological polar surface area (TPSA) is 90.0 Å². The first kappa shape index (κ1) is 20.8. The van der Waals surface area contributed by atoms with Crippen molar-refractivity contribution < 1.29 is 18.0 Å². The Labute approximate surface area is 166 Å². The molecule has 9 heteroatoms. The summed E-state index contributed by atoms with van der Waals surface area (Å²) in [6.45, 7) is 6.63. The van der Waals surface area contributed by atoms with Gasteiger partial charge < -0.3 is 15.1 Å². The van der Waals surface area contributed by atoms with Gasteiger partial charge in [-0.05, 0) is 45.2 Å². The lowest BCUT2D eigenvalue weighted by Gasteiger charge is -2.31. The van der Waals surface area contributed by atoms with Crippen molar-refractivity contribution in [3.8, 4) is 0 Å². The molecule has 2 heterocycles. The molecule has 1 aromatic rings. The highest BCUT2D eigenvalue weighted by Crippen LogP contribution is 2.23. The maximum Gasteiger partial charge on any atom is 0.243 e. The van der Waals surface area contributed by atoms with Gasteiger partial charge in [0.2, 0.25) is 21.8 Å². The van der Waals surface area contributed by atoms with E-state index < -0.39 is 10.0 Å². The van der Waals surface area contributed by atoms with Gasteiger partial charge >= 0.3 is 0 Å². The fourth-order valence-electron chi connectivity index (χ4n) is 3.54. The molecule has 1 atom stereocenters. The summed E-state index contributed by atoms with van der Waals surface area (Å²) < 4.78 is 27.0. The average molecular weight is 409 g/mol. The summed E-state index contributed by atoms with van der Waals surface area (Å²) in [4.78, 5) is 28.5. The van der Waals surface area contributed by atoms with Gasteiger partial charge in [0.1, 0.15) is 0 Å². The van der Waals surface area contributed by atoms with E-state index in [0.29, 0.717) is 38.4 Å². The second kappa shape index (κ2) is 8.18. The van der Waals surface area contributed by atoms with Gasteiger partial charge in [-0.15, -0.1) is 0 Å². The van der Waals surface area contributed by atoms with Crippen molar-refractivity contribution in [1.82, 2.24) is 14.1 Å². The molecule has 0 saturated carbocycles. The molecule has 3 rings (SSSR count). The van der Waals surface area contributed by atoms with Crippen LogP contribution in [0.3, 0.4) is 0 Å². The number of hydrogen-bond acceptors (Lipinski definition) is 5. The Morgan fingerprint density at radius 1 is 1.11 bits per heavy atom. The normalized spacial score (nSPS) is 22.1. The Kier molecular flexibility index (Phi) is 6.07. The third-order valence-electron chi connectivity index (χ3n) is 5.37. The Hall–Kier alpha value is -1.97. The van der Waals surface area contributed by atoms with Crippen LogP contribution in [0.25, 0.3) is 0 Å². The smallest absolute Gasteiger partial charge is 0.243 e. The molecule has 0 radical (unpaired) electrons. The van der Waals surface area contributed by atoms with Crippen LogP contribution in [0.5, 0.6) is 0 Å². The summed E-state index contributed by atoms with van der Waals surface area (Å²) in [5, 5.41) is 2.79. The highest BCUT2D eigenvalue weighted by atomic mass is 32.2. The molecule has 1 unspecified atom stereocenters. The van der Waals surface area contributed by atoms with Gasteiger partial charge in [-0.25, -0.2) is 8.42 Å². The summed E-state index contributed by atoms with van der Waals surface area (Å²) in [7, 11) is -1.56. The molecular weight excluding hydrogens is 380 g/mol. The third-order valence-corrected chi connectivity index (χ3v) is 7.29. The second-order valence-corrected chi connectivity index (χ2v) is 9.70. The number of rotatable bonds is 5. The fraction of sp³-hybridized carbons (Fsp3) is 0.579. The SMILES string of the molecule is CC(C)N1CC(C(=O)Nc2ccc(S(=O)(=O)N3CCN(C)CC3)cc2)CC1=O. The van der Waals surface area contributed by atoms with E-state index >= 15 is 0 Å². The van der Waals surface area contributed by atoms with E-state index in [9.17, 15) is 18.0 Å². The summed E-state index contributed by atoms with van der Waals surface area (Å²) in [6, 6.07) is 6.30. The van der Waals surface area contributed by atoms with Crippen LogP contribution in [-0.2, 0) is 19.6 Å². The Balaban J connectivity index is 1.63. The van der Waals surface area contributed by atoms with Crippen molar-refractivity contribution in [2.75, 3.05) is 45.1 Å². The number of likely N-dealkylation sites (tertiary alicyclic amines) is 1. The molecule has 0 spiro atoms. The summed E-state index contributed by atoms with van der Waals surface area (Å²) in [5.41, 5.74) is 0.526. The number of hydrogen-bond donors (Lipinski definition) is 1. The first-order valence-corrected chi connectivity index (χ1v) is 11.0. The van der Waals surface area contributed by atoms with Crippen LogP contribution in [0.15, 0.2) is 29.2 Å². The zero-order valence-electron chi connectivity index (χ0n) is 16.6. The first-order valence-electron chi connectivity index (χ1n) is 9.57. The lowest BCUT2D eigenvalue weighted by Crippen LogP contribution is -2.46. The molecular formula is C19H28N4O4S. The largest absolute Gasteiger partial charge is 0.339 e. The zero-order valence-corrected chi connectivity index (χ0v) is 17.4. The Morgan fingerprint density at radius 2 is 1.71 bits per heavy atom. The summed E-state index contributed by atoms with van der Waals surface area (Å²) >= 11 is 0. The van der Waals surface area contributed by atoms with E-state index in [2.05, 4.69) is 10.2 Å². The number of likely N-dealkylation sites (N-methyl/N-ethyl adjacent to an activating group) is 1. The van der Waals surface area contributed by atoms with Gasteiger partial charge in [0, 0.05) is 50.9 Å². The number of carbonyl (C=O) groups excluding carboxylic acids is 2. The summed E-state index contributed by atoms with van der Waals surface area (Å²) in [6.07, 6.45) is 0.208. The molecule has 2 amide bonds. The third kappa shape index (κ3) is 4.37. The Bertz CT molecular complexity index is 830. The maximum atomic E-state index is 12.7. The monoisotopic (exact) mass is 408 g/mol. The van der Waals surface area contributed by atoms with Crippen molar-refractivity contribution in [3.63, 3.8) is 0 Å². The van der Waals surface area contributed by atoms with Crippen LogP contribution in [0, 0.1) is 5.92 Å². The van der Waals surface area contributed by atoms with E-state index in [1.807, 2.05) is 20.9 Å². The van der Waals surface area contributed by atoms with Crippen LogP contribution in [-0.4, -0.2) is 80.2 Å². The molecule has 0 bridgehead atoms. The molecule has 1 aromatic carbocycles. The molecule has 0 aliphatic carbocycles. The van der Waals surface area contributed by atoms with Gasteiger partial charge in [-0.3, -0.25) is 9.59 Å².